The van der Waals surface area contributed by atoms with Gasteiger partial charge in [0.2, 0.25) is 0 Å². The molecule has 1 aliphatic heterocycles. The molecule has 0 aliphatic carbocycles. The fraction of sp³-hybridized carbons (Fsp3) is 0.500. The third-order valence-electron chi connectivity index (χ3n) is 5.97. The highest BCUT2D eigenvalue weighted by Gasteiger charge is 2.44. The van der Waals surface area contributed by atoms with E-state index in [1.54, 1.807) is 14.2 Å². The Bertz CT molecular complexity index is 798. The minimum atomic E-state index is -0.0462. The number of fused-ring (bicyclic) bond motifs is 1. The average molecular weight is 416 g/mol. The van der Waals surface area contributed by atoms with Crippen LogP contribution in [0.5, 0.6) is 11.5 Å². The number of methoxy groups -OCH3 is 2. The van der Waals surface area contributed by atoms with Crippen molar-refractivity contribution in [3.63, 3.8) is 0 Å². The molecule has 1 heterocycles. The molecule has 2 atom stereocenters. The summed E-state index contributed by atoms with van der Waals surface area (Å²) in [4.78, 5) is 7.40. The Morgan fingerprint density at radius 2 is 1.72 bits per heavy atom. The summed E-state index contributed by atoms with van der Waals surface area (Å²) in [6, 6.07) is 14.9. The van der Waals surface area contributed by atoms with Crippen LogP contribution < -0.4 is 9.47 Å². The maximum Gasteiger partial charge on any atom is 0.161 e. The van der Waals surface area contributed by atoms with Crippen LogP contribution in [0.1, 0.15) is 56.7 Å². The van der Waals surface area contributed by atoms with E-state index >= 15 is 0 Å². The third kappa shape index (κ3) is 4.27. The number of rotatable bonds is 8. The number of thioether (sulfide) groups is 1. The molecule has 0 unspecified atom stereocenters. The maximum atomic E-state index is 6.18. The van der Waals surface area contributed by atoms with Gasteiger partial charge >= 0.3 is 0 Å². The molecule has 0 N–H and O–H groups in total. The molecular formula is C24H33NO3S. The van der Waals surface area contributed by atoms with Gasteiger partial charge in [0, 0.05) is 10.6 Å². The average Bonchev–Trinajstić information content (AvgIpc) is 2.91. The molecule has 0 saturated heterocycles. The second-order valence-corrected chi connectivity index (χ2v) is 8.55. The maximum absolute atomic E-state index is 6.18. The van der Waals surface area contributed by atoms with Crippen LogP contribution in [0.3, 0.4) is 0 Å². The molecule has 0 fully saturated rings. The van der Waals surface area contributed by atoms with Crippen LogP contribution >= 0.6 is 11.8 Å². The Kier molecular flexibility index (Phi) is 7.49. The van der Waals surface area contributed by atoms with Gasteiger partial charge in [0.25, 0.3) is 0 Å². The standard InChI is InChI=1S/C24H33NO3S/c1-6-8-14-24(7-2)17-29-22-16-21(27-4)20(26-3)15-19(22)23(25(24)28-5)18-12-10-9-11-13-18/h9-13,15-16,23H,6-8,14,17H2,1-5H3/t23-,24+/m0/s1. The molecule has 2 aromatic carbocycles. The molecule has 0 bridgehead atoms. The number of ether oxygens (including phenoxy) is 2. The third-order valence-corrected chi connectivity index (χ3v) is 7.32. The van der Waals surface area contributed by atoms with Crippen molar-refractivity contribution in [2.45, 2.75) is 56.0 Å². The summed E-state index contributed by atoms with van der Waals surface area (Å²) in [7, 11) is 5.19. The topological polar surface area (TPSA) is 30.9 Å². The van der Waals surface area contributed by atoms with Gasteiger partial charge in [-0.2, -0.15) is 5.06 Å². The highest BCUT2D eigenvalue weighted by Crippen LogP contribution is 2.49. The predicted octanol–water partition coefficient (Wildman–Crippen LogP) is 6.10. The van der Waals surface area contributed by atoms with E-state index in [-0.39, 0.29) is 11.6 Å². The van der Waals surface area contributed by atoms with Crippen LogP contribution in [0.2, 0.25) is 0 Å². The molecule has 1 aliphatic rings. The van der Waals surface area contributed by atoms with Crippen LogP contribution in [-0.4, -0.2) is 37.7 Å². The quantitative estimate of drug-likeness (QED) is 0.520. The highest BCUT2D eigenvalue weighted by molar-refractivity contribution is 7.99. The lowest BCUT2D eigenvalue weighted by atomic mass is 9.87. The number of hydroxylamine groups is 2. The molecule has 0 amide bonds. The lowest BCUT2D eigenvalue weighted by Crippen LogP contribution is -2.51. The van der Waals surface area contributed by atoms with Crippen molar-refractivity contribution in [3.8, 4) is 11.5 Å². The van der Waals surface area contributed by atoms with Gasteiger partial charge in [-0.15, -0.1) is 11.8 Å². The highest BCUT2D eigenvalue weighted by atomic mass is 32.2. The van der Waals surface area contributed by atoms with Gasteiger partial charge in [0.15, 0.2) is 11.5 Å². The van der Waals surface area contributed by atoms with E-state index in [2.05, 4.69) is 61.4 Å². The fourth-order valence-corrected chi connectivity index (χ4v) is 5.69. The Balaban J connectivity index is 2.22. The molecule has 2 aromatic rings. The van der Waals surface area contributed by atoms with Crippen molar-refractivity contribution < 1.29 is 14.3 Å². The first-order valence-corrected chi connectivity index (χ1v) is 11.4. The first-order valence-electron chi connectivity index (χ1n) is 10.4. The van der Waals surface area contributed by atoms with E-state index in [0.29, 0.717) is 0 Å². The van der Waals surface area contributed by atoms with Crippen LogP contribution in [0.25, 0.3) is 0 Å². The Morgan fingerprint density at radius 3 is 2.31 bits per heavy atom. The Labute approximate surface area is 179 Å². The van der Waals surface area contributed by atoms with Crippen LogP contribution in [-0.2, 0) is 4.84 Å². The van der Waals surface area contributed by atoms with Crippen LogP contribution in [0.15, 0.2) is 47.4 Å². The molecule has 0 radical (unpaired) electrons. The summed E-state index contributed by atoms with van der Waals surface area (Å²) in [5.41, 5.74) is 2.38. The summed E-state index contributed by atoms with van der Waals surface area (Å²) in [5, 5.41) is 2.25. The van der Waals surface area contributed by atoms with E-state index in [9.17, 15) is 0 Å². The summed E-state index contributed by atoms with van der Waals surface area (Å²) in [6.07, 6.45) is 4.49. The van der Waals surface area contributed by atoms with Crippen LogP contribution in [0.4, 0.5) is 0 Å². The van der Waals surface area contributed by atoms with E-state index in [1.807, 2.05) is 18.9 Å². The van der Waals surface area contributed by atoms with E-state index in [4.69, 9.17) is 14.3 Å². The van der Waals surface area contributed by atoms with Gasteiger partial charge in [-0.05, 0) is 36.1 Å². The largest absolute Gasteiger partial charge is 0.493 e. The van der Waals surface area contributed by atoms with Gasteiger partial charge in [0.05, 0.1) is 32.9 Å². The van der Waals surface area contributed by atoms with Crippen LogP contribution in [0, 0.1) is 0 Å². The Morgan fingerprint density at radius 1 is 1.03 bits per heavy atom. The minimum absolute atomic E-state index is 0.0113. The van der Waals surface area contributed by atoms with E-state index in [0.717, 1.165) is 30.1 Å². The van der Waals surface area contributed by atoms with E-state index in [1.165, 1.54) is 28.9 Å². The van der Waals surface area contributed by atoms with E-state index < -0.39 is 0 Å². The van der Waals surface area contributed by atoms with Crippen molar-refractivity contribution in [1.82, 2.24) is 5.06 Å². The second-order valence-electron chi connectivity index (χ2n) is 7.54. The molecule has 5 heteroatoms. The van der Waals surface area contributed by atoms with Crippen molar-refractivity contribution in [1.29, 1.82) is 0 Å². The van der Waals surface area contributed by atoms with Crippen molar-refractivity contribution in [3.05, 3.63) is 53.6 Å². The zero-order valence-electron chi connectivity index (χ0n) is 18.2. The van der Waals surface area contributed by atoms with Gasteiger partial charge in [-0.25, -0.2) is 0 Å². The molecule has 29 heavy (non-hydrogen) atoms. The number of hydrogen-bond acceptors (Lipinski definition) is 5. The second kappa shape index (κ2) is 9.88. The molecule has 4 nitrogen and oxygen atoms in total. The first kappa shape index (κ1) is 22.0. The molecular weight excluding hydrogens is 382 g/mol. The summed E-state index contributed by atoms with van der Waals surface area (Å²) in [5.74, 6) is 2.50. The normalized spacial score (nSPS) is 22.0. The lowest BCUT2D eigenvalue weighted by molar-refractivity contribution is -0.220. The Hall–Kier alpha value is -1.69. The van der Waals surface area contributed by atoms with Crippen molar-refractivity contribution in [2.75, 3.05) is 27.1 Å². The number of nitrogens with zero attached hydrogens (tertiary/aromatic N) is 1. The molecule has 158 valence electrons. The molecule has 0 saturated carbocycles. The van der Waals surface area contributed by atoms with Gasteiger partial charge in [-0.1, -0.05) is 57.0 Å². The van der Waals surface area contributed by atoms with Gasteiger partial charge in [-0.3, -0.25) is 0 Å². The predicted molar refractivity (Wildman–Crippen MR) is 120 cm³/mol. The number of hydrogen-bond donors (Lipinski definition) is 0. The monoisotopic (exact) mass is 415 g/mol. The summed E-state index contributed by atoms with van der Waals surface area (Å²) in [6.45, 7) is 4.53. The molecule has 0 spiro atoms. The van der Waals surface area contributed by atoms with Gasteiger partial charge in [0.1, 0.15) is 0 Å². The zero-order chi connectivity index (χ0) is 20.9. The smallest absolute Gasteiger partial charge is 0.161 e. The molecule has 3 rings (SSSR count). The SMILES string of the molecule is CCCC[C@]1(CC)CSc2cc(OC)c(OC)cc2[C@H](c2ccccc2)N1OC. The lowest BCUT2D eigenvalue weighted by Gasteiger charge is -2.44. The number of benzene rings is 2. The zero-order valence-corrected chi connectivity index (χ0v) is 19.1. The molecule has 0 aromatic heterocycles. The number of unbranched alkanes of at least 4 members (excludes halogenated alkanes) is 1. The summed E-state index contributed by atoms with van der Waals surface area (Å²) < 4.78 is 11.2. The van der Waals surface area contributed by atoms with Gasteiger partial charge < -0.3 is 14.3 Å². The minimum Gasteiger partial charge on any atom is -0.493 e. The van der Waals surface area contributed by atoms with Crippen molar-refractivity contribution in [2.24, 2.45) is 0 Å². The summed E-state index contributed by atoms with van der Waals surface area (Å²) >= 11 is 1.90. The first-order chi connectivity index (χ1) is 14.1. The van der Waals surface area contributed by atoms with Crippen molar-refractivity contribution >= 4 is 11.8 Å². The fourth-order valence-electron chi connectivity index (χ4n) is 4.26.